The molecule has 0 fully saturated rings. The summed E-state index contributed by atoms with van der Waals surface area (Å²) in [6.45, 7) is 2.19. The molecule has 0 spiro atoms. The molecule has 0 bridgehead atoms. The zero-order valence-corrected chi connectivity index (χ0v) is 18.9. The molecule has 2 aromatic rings. The molecule has 9 heteroatoms. The van der Waals surface area contributed by atoms with E-state index in [1.54, 1.807) is 6.08 Å². The monoisotopic (exact) mass is 485 g/mol. The van der Waals surface area contributed by atoms with Gasteiger partial charge in [-0.1, -0.05) is 120 Å². The van der Waals surface area contributed by atoms with Gasteiger partial charge in [-0.15, -0.1) is 0 Å². The second-order valence-corrected chi connectivity index (χ2v) is 10.4. The standard InChI is InChI=1S/C18H17Cl6N3/c1-2-3-4-5-12-6-8-13(9-7-12)10-11-14-25-15(17(19,20)21)27-16(26-14)18(22,23)24/h6-11H,2-5H2,1H3/b11-10+. The predicted octanol–water partition coefficient (Wildman–Crippen LogP) is 7.43. The van der Waals surface area contributed by atoms with E-state index in [-0.39, 0.29) is 17.5 Å². The van der Waals surface area contributed by atoms with Crippen molar-refractivity contribution in [1.82, 2.24) is 15.0 Å². The van der Waals surface area contributed by atoms with Crippen LogP contribution in [0.5, 0.6) is 0 Å². The van der Waals surface area contributed by atoms with Crippen molar-refractivity contribution in [2.75, 3.05) is 0 Å². The predicted molar refractivity (Wildman–Crippen MR) is 117 cm³/mol. The highest BCUT2D eigenvalue weighted by molar-refractivity contribution is 6.67. The van der Waals surface area contributed by atoms with E-state index in [2.05, 4.69) is 34.0 Å². The van der Waals surface area contributed by atoms with Gasteiger partial charge in [-0.2, -0.15) is 0 Å². The summed E-state index contributed by atoms with van der Waals surface area (Å²) >= 11 is 35.2. The van der Waals surface area contributed by atoms with Crippen molar-refractivity contribution in [2.24, 2.45) is 0 Å². The number of aryl methyl sites for hydroxylation is 1. The molecule has 0 radical (unpaired) electrons. The van der Waals surface area contributed by atoms with E-state index in [0.29, 0.717) is 0 Å². The molecule has 146 valence electrons. The number of unbranched alkanes of at least 4 members (excludes halogenated alkanes) is 2. The number of aromatic nitrogens is 3. The quantitative estimate of drug-likeness (QED) is 0.314. The Kier molecular flexibility index (Phi) is 8.48. The van der Waals surface area contributed by atoms with Crippen LogP contribution in [-0.4, -0.2) is 15.0 Å². The first-order valence-corrected chi connectivity index (χ1v) is 10.5. The van der Waals surface area contributed by atoms with E-state index >= 15 is 0 Å². The van der Waals surface area contributed by atoms with Gasteiger partial charge in [0.05, 0.1) is 0 Å². The molecular formula is C18H17Cl6N3. The molecule has 0 aliphatic carbocycles. The Morgan fingerprint density at radius 3 is 1.81 bits per heavy atom. The van der Waals surface area contributed by atoms with Crippen LogP contribution in [0.2, 0.25) is 0 Å². The molecule has 1 heterocycles. The third kappa shape index (κ3) is 7.56. The molecule has 1 aromatic carbocycles. The maximum absolute atomic E-state index is 5.86. The third-order valence-electron chi connectivity index (χ3n) is 3.63. The zero-order chi connectivity index (χ0) is 20.1. The molecule has 0 N–H and O–H groups in total. The maximum atomic E-state index is 5.86. The molecule has 0 aliphatic heterocycles. The summed E-state index contributed by atoms with van der Waals surface area (Å²) in [6.07, 6.45) is 8.18. The van der Waals surface area contributed by atoms with Gasteiger partial charge in [0, 0.05) is 0 Å². The van der Waals surface area contributed by atoms with Crippen molar-refractivity contribution in [3.8, 4) is 0 Å². The molecular weight excluding hydrogens is 471 g/mol. The fourth-order valence-electron chi connectivity index (χ4n) is 2.27. The summed E-state index contributed by atoms with van der Waals surface area (Å²) in [5.41, 5.74) is 2.28. The lowest BCUT2D eigenvalue weighted by atomic mass is 10.1. The molecule has 0 saturated heterocycles. The highest BCUT2D eigenvalue weighted by atomic mass is 35.6. The van der Waals surface area contributed by atoms with Crippen molar-refractivity contribution in [1.29, 1.82) is 0 Å². The lowest BCUT2D eigenvalue weighted by molar-refractivity contribution is 0.717. The van der Waals surface area contributed by atoms with Crippen molar-refractivity contribution in [2.45, 2.75) is 40.2 Å². The summed E-state index contributed by atoms with van der Waals surface area (Å²) in [7, 11) is 0. The number of benzene rings is 1. The number of nitrogens with zero attached hydrogens (tertiary/aromatic N) is 3. The highest BCUT2D eigenvalue weighted by Gasteiger charge is 2.33. The van der Waals surface area contributed by atoms with E-state index in [1.807, 2.05) is 18.2 Å². The van der Waals surface area contributed by atoms with Gasteiger partial charge >= 0.3 is 0 Å². The fraction of sp³-hybridized carbons (Fsp3) is 0.389. The SMILES string of the molecule is CCCCCc1ccc(/C=C/c2nc(C(Cl)(Cl)Cl)nc(C(Cl)(Cl)Cl)n2)cc1. The normalized spacial score (nSPS) is 12.7. The Hall–Kier alpha value is -0.290. The Bertz CT molecular complexity index is 747. The molecule has 27 heavy (non-hydrogen) atoms. The van der Waals surface area contributed by atoms with Crippen molar-refractivity contribution in [3.63, 3.8) is 0 Å². The molecule has 0 atom stereocenters. The van der Waals surface area contributed by atoms with E-state index in [0.717, 1.165) is 12.0 Å². The van der Waals surface area contributed by atoms with Gasteiger partial charge in [0.25, 0.3) is 0 Å². The minimum Gasteiger partial charge on any atom is -0.209 e. The van der Waals surface area contributed by atoms with Gasteiger partial charge < -0.3 is 0 Å². The summed E-state index contributed by atoms with van der Waals surface area (Å²) in [6, 6.07) is 8.24. The molecule has 2 rings (SSSR count). The highest BCUT2D eigenvalue weighted by Crippen LogP contribution is 2.39. The Morgan fingerprint density at radius 1 is 0.778 bits per heavy atom. The first kappa shape index (κ1) is 23.0. The second kappa shape index (κ2) is 9.96. The van der Waals surface area contributed by atoms with Crippen LogP contribution in [0.15, 0.2) is 24.3 Å². The van der Waals surface area contributed by atoms with Crippen LogP contribution in [0.3, 0.4) is 0 Å². The second-order valence-electron chi connectivity index (χ2n) is 5.87. The van der Waals surface area contributed by atoms with Crippen molar-refractivity contribution >= 4 is 81.8 Å². The van der Waals surface area contributed by atoms with Crippen LogP contribution in [0.25, 0.3) is 12.2 Å². The van der Waals surface area contributed by atoms with Gasteiger partial charge in [-0.3, -0.25) is 0 Å². The van der Waals surface area contributed by atoms with Crippen LogP contribution < -0.4 is 0 Å². The van der Waals surface area contributed by atoms with Crippen LogP contribution in [0.1, 0.15) is 54.8 Å². The van der Waals surface area contributed by atoms with E-state index in [9.17, 15) is 0 Å². The minimum absolute atomic E-state index is 0.116. The zero-order valence-electron chi connectivity index (χ0n) is 14.4. The molecule has 0 amide bonds. The van der Waals surface area contributed by atoms with E-state index < -0.39 is 7.59 Å². The van der Waals surface area contributed by atoms with Crippen LogP contribution in [-0.2, 0) is 14.0 Å². The largest absolute Gasteiger partial charge is 0.250 e. The average Bonchev–Trinajstić information content (AvgIpc) is 2.59. The number of halogens is 6. The average molecular weight is 488 g/mol. The Morgan fingerprint density at radius 2 is 1.33 bits per heavy atom. The summed E-state index contributed by atoms with van der Waals surface area (Å²) in [5.74, 6) is -0.0100. The van der Waals surface area contributed by atoms with Crippen LogP contribution in [0, 0.1) is 0 Å². The number of alkyl halides is 6. The van der Waals surface area contributed by atoms with Gasteiger partial charge in [-0.05, 0) is 30.0 Å². The lowest BCUT2D eigenvalue weighted by Crippen LogP contribution is -2.16. The molecule has 1 aromatic heterocycles. The lowest BCUT2D eigenvalue weighted by Gasteiger charge is -2.14. The summed E-state index contributed by atoms with van der Waals surface area (Å²) < 4.78 is -3.73. The topological polar surface area (TPSA) is 38.7 Å². The van der Waals surface area contributed by atoms with Gasteiger partial charge in [0.1, 0.15) is 0 Å². The first-order valence-electron chi connectivity index (χ1n) is 8.27. The summed E-state index contributed by atoms with van der Waals surface area (Å²) in [5, 5.41) is 0. The molecule has 0 saturated carbocycles. The molecule has 3 nitrogen and oxygen atoms in total. The van der Waals surface area contributed by atoms with Crippen molar-refractivity contribution in [3.05, 3.63) is 52.9 Å². The minimum atomic E-state index is -1.86. The number of rotatable bonds is 6. The molecule has 0 unspecified atom stereocenters. The number of hydrogen-bond donors (Lipinski definition) is 0. The number of hydrogen-bond acceptors (Lipinski definition) is 3. The Labute approximate surface area is 189 Å². The van der Waals surface area contributed by atoms with Gasteiger partial charge in [0.15, 0.2) is 17.5 Å². The van der Waals surface area contributed by atoms with Gasteiger partial charge in [0.2, 0.25) is 7.59 Å². The van der Waals surface area contributed by atoms with Gasteiger partial charge in [-0.25, -0.2) is 15.0 Å². The van der Waals surface area contributed by atoms with Crippen molar-refractivity contribution < 1.29 is 0 Å². The maximum Gasteiger partial charge on any atom is 0.250 e. The molecule has 0 aliphatic rings. The van der Waals surface area contributed by atoms with E-state index in [4.69, 9.17) is 69.6 Å². The smallest absolute Gasteiger partial charge is 0.209 e. The van der Waals surface area contributed by atoms with Crippen LogP contribution in [0.4, 0.5) is 0 Å². The Balaban J connectivity index is 2.22. The van der Waals surface area contributed by atoms with Crippen LogP contribution >= 0.6 is 69.6 Å². The fourth-order valence-corrected chi connectivity index (χ4v) is 2.77. The van der Waals surface area contributed by atoms with E-state index in [1.165, 1.54) is 24.8 Å². The first-order chi connectivity index (χ1) is 12.6. The third-order valence-corrected chi connectivity index (χ3v) is 4.65. The summed E-state index contributed by atoms with van der Waals surface area (Å²) in [4.78, 5) is 12.2.